The second-order valence-electron chi connectivity index (χ2n) is 3.39. The zero-order valence-corrected chi connectivity index (χ0v) is 8.86. The van der Waals surface area contributed by atoms with Crippen LogP contribution in [0.15, 0.2) is 11.7 Å². The van der Waals surface area contributed by atoms with Crippen LogP contribution in [-0.2, 0) is 0 Å². The second kappa shape index (κ2) is 4.91. The van der Waals surface area contributed by atoms with E-state index in [0.717, 1.165) is 0 Å². The number of aliphatic hydroxyl groups is 1. The molecule has 1 nitrogen and oxygen atoms in total. The number of rotatable bonds is 4. The van der Waals surface area contributed by atoms with E-state index in [-0.39, 0.29) is 0 Å². The van der Waals surface area contributed by atoms with Gasteiger partial charge < -0.3 is 5.11 Å². The normalized spacial score (nSPS) is 16.9. The van der Waals surface area contributed by atoms with Gasteiger partial charge in [-0.25, -0.2) is 4.39 Å². The highest BCUT2D eigenvalue weighted by molar-refractivity contribution is 5.20. The smallest absolute Gasteiger partial charge is 0.331 e. The van der Waals surface area contributed by atoms with E-state index in [4.69, 9.17) is 5.11 Å². The van der Waals surface area contributed by atoms with E-state index in [1.54, 1.807) is 0 Å². The summed E-state index contributed by atoms with van der Waals surface area (Å²) in [5.41, 5.74) is 0. The minimum Gasteiger partial charge on any atom is -0.331 e. The lowest BCUT2D eigenvalue weighted by Crippen LogP contribution is -2.62. The molecule has 0 bridgehead atoms. The highest BCUT2D eigenvalue weighted by Crippen LogP contribution is 2.55. The van der Waals surface area contributed by atoms with Crippen LogP contribution in [0.1, 0.15) is 0 Å². The lowest BCUT2D eigenvalue weighted by atomic mass is 10.0. The fourth-order valence-electron chi connectivity index (χ4n) is 0.786. The zero-order chi connectivity index (χ0) is 17.7. The summed E-state index contributed by atoms with van der Waals surface area (Å²) in [4.78, 5) is 0. The van der Waals surface area contributed by atoms with Gasteiger partial charge in [-0.05, 0) is 0 Å². The monoisotopic (exact) mass is 348 g/mol. The highest BCUT2D eigenvalue weighted by atomic mass is 19.4. The Balaban J connectivity index is 6.15. The van der Waals surface area contributed by atoms with E-state index in [9.17, 15) is 57.1 Å². The molecule has 14 heteroatoms. The molecule has 0 aromatic heterocycles. The van der Waals surface area contributed by atoms with Gasteiger partial charge in [-0.15, -0.1) is 0 Å². The highest BCUT2D eigenvalue weighted by Gasteiger charge is 2.82. The summed E-state index contributed by atoms with van der Waals surface area (Å²) in [6.07, 6.45) is -13.5. The van der Waals surface area contributed by atoms with Crippen molar-refractivity contribution in [1.29, 1.82) is 0 Å². The van der Waals surface area contributed by atoms with Gasteiger partial charge in [-0.3, -0.25) is 0 Å². The molecular weight excluding hydrogens is 347 g/mol. The molecule has 1 N–H and O–H groups in total. The Bertz CT molecular complexity index is 425. The predicted octanol–water partition coefficient (Wildman–Crippen LogP) is 4.19. The number of halogens is 13. The van der Waals surface area contributed by atoms with Crippen LogP contribution in [0.4, 0.5) is 57.1 Å². The molecule has 0 radical (unpaired) electrons. The molecule has 0 heterocycles. The Hall–Kier alpha value is -1.21. The first kappa shape index (κ1) is 19.8. The molecule has 0 aliphatic carbocycles. The average molecular weight is 348 g/mol. The fourth-order valence-corrected chi connectivity index (χ4v) is 0.786. The predicted molar refractivity (Wildman–Crippen MR) is 37.3 cm³/mol. The van der Waals surface area contributed by atoms with E-state index in [1.807, 2.05) is 0 Å². The molecule has 21 heavy (non-hydrogen) atoms. The molecule has 0 aliphatic rings. The zero-order valence-electron chi connectivity index (χ0n) is 8.86. The fraction of sp³-hybridized carbons (Fsp3) is 0.714. The van der Waals surface area contributed by atoms with Crippen molar-refractivity contribution in [3.05, 3.63) is 11.7 Å². The van der Waals surface area contributed by atoms with Gasteiger partial charge in [0.2, 0.25) is 11.7 Å². The first-order valence-electron chi connectivity index (χ1n) is 4.18. The van der Waals surface area contributed by atoms with Crippen LogP contribution in [0.25, 0.3) is 0 Å². The molecule has 0 aromatic rings. The lowest BCUT2D eigenvalue weighted by molar-refractivity contribution is -0.413. The number of alkyl halides is 11. The summed E-state index contributed by atoms with van der Waals surface area (Å²) in [7, 11) is 0. The van der Waals surface area contributed by atoms with Gasteiger partial charge in [-0.1, -0.05) is 0 Å². The molecule has 0 saturated heterocycles. The van der Waals surface area contributed by atoms with Crippen LogP contribution in [0, 0.1) is 0 Å². The van der Waals surface area contributed by atoms with E-state index >= 15 is 0 Å². The Morgan fingerprint density at radius 2 is 0.905 bits per heavy atom. The van der Waals surface area contributed by atoms with E-state index < -0.39 is 41.7 Å². The minimum absolute atomic E-state index is 4.52. The molecule has 0 aliphatic heterocycles. The Morgan fingerprint density at radius 1 is 0.571 bits per heavy atom. The van der Waals surface area contributed by atoms with Gasteiger partial charge in [-0.2, -0.15) is 52.7 Å². The SMILES string of the molecule is OC(F)(F)C(F)(F)C(F)(F)C(F)(F)/C(F)=C(\F)C(F)(F)F. The van der Waals surface area contributed by atoms with E-state index in [2.05, 4.69) is 0 Å². The molecule has 0 aromatic carbocycles. The van der Waals surface area contributed by atoms with Gasteiger partial charge in [0.15, 0.2) is 0 Å². The third kappa shape index (κ3) is 3.03. The molecule has 0 atom stereocenters. The van der Waals surface area contributed by atoms with Crippen LogP contribution < -0.4 is 0 Å². The first-order valence-corrected chi connectivity index (χ1v) is 4.18. The molecule has 0 spiro atoms. The molecule has 0 unspecified atom stereocenters. The summed E-state index contributed by atoms with van der Waals surface area (Å²) in [6.45, 7) is 0. The summed E-state index contributed by atoms with van der Waals surface area (Å²) in [5.74, 6) is -31.6. The Morgan fingerprint density at radius 3 is 1.14 bits per heavy atom. The maximum Gasteiger partial charge on any atom is 0.445 e. The standard InChI is InChI=1S/C7HF13O/c8-1(2(9)4(12,13)14)3(10,11)5(15,16)6(17,18)7(19,20)21/h21H/b2-1+. The molecule has 0 amide bonds. The van der Waals surface area contributed by atoms with E-state index in [1.165, 1.54) is 0 Å². The molecular formula is C7HF13O. The maximum atomic E-state index is 12.6. The van der Waals surface area contributed by atoms with Gasteiger partial charge in [0, 0.05) is 0 Å². The van der Waals surface area contributed by atoms with Gasteiger partial charge in [0.1, 0.15) is 0 Å². The molecule has 0 fully saturated rings. The van der Waals surface area contributed by atoms with Crippen molar-refractivity contribution in [3.63, 3.8) is 0 Å². The van der Waals surface area contributed by atoms with Crippen LogP contribution in [0.3, 0.4) is 0 Å². The van der Waals surface area contributed by atoms with Crippen LogP contribution in [-0.4, -0.2) is 35.2 Å². The third-order valence-electron chi connectivity index (χ3n) is 1.88. The third-order valence-corrected chi connectivity index (χ3v) is 1.88. The van der Waals surface area contributed by atoms with Crippen molar-refractivity contribution in [1.82, 2.24) is 0 Å². The average Bonchev–Trinajstić information content (AvgIpc) is 2.23. The maximum absolute atomic E-state index is 12.6. The first-order chi connectivity index (χ1) is 8.82. The summed E-state index contributed by atoms with van der Waals surface area (Å²) in [6, 6.07) is 0. The molecule has 0 saturated carbocycles. The lowest BCUT2D eigenvalue weighted by Gasteiger charge is -2.33. The summed E-state index contributed by atoms with van der Waals surface area (Å²) in [5, 5.41) is 7.37. The van der Waals surface area contributed by atoms with Gasteiger partial charge >= 0.3 is 30.1 Å². The van der Waals surface area contributed by atoms with E-state index in [0.29, 0.717) is 0 Å². The largest absolute Gasteiger partial charge is 0.445 e. The van der Waals surface area contributed by atoms with Gasteiger partial charge in [0.05, 0.1) is 0 Å². The van der Waals surface area contributed by atoms with Crippen molar-refractivity contribution in [3.8, 4) is 0 Å². The molecule has 0 rings (SSSR count). The minimum atomic E-state index is -7.59. The van der Waals surface area contributed by atoms with Crippen molar-refractivity contribution >= 4 is 0 Å². The summed E-state index contributed by atoms with van der Waals surface area (Å²) < 4.78 is 157. The Labute approximate surface area is 105 Å². The quantitative estimate of drug-likeness (QED) is 0.756. The second-order valence-corrected chi connectivity index (χ2v) is 3.39. The number of hydrogen-bond acceptors (Lipinski definition) is 1. The van der Waals surface area contributed by atoms with Crippen molar-refractivity contribution < 1.29 is 62.2 Å². The number of allylic oxidation sites excluding steroid dienone is 2. The summed E-state index contributed by atoms with van der Waals surface area (Å²) >= 11 is 0. The van der Waals surface area contributed by atoms with Crippen LogP contribution >= 0.6 is 0 Å². The van der Waals surface area contributed by atoms with Crippen LogP contribution in [0.2, 0.25) is 0 Å². The Kier molecular flexibility index (Phi) is 4.63. The van der Waals surface area contributed by atoms with Crippen LogP contribution in [0.5, 0.6) is 0 Å². The van der Waals surface area contributed by atoms with Crippen molar-refractivity contribution in [2.45, 2.75) is 30.1 Å². The topological polar surface area (TPSA) is 20.2 Å². The van der Waals surface area contributed by atoms with Crippen molar-refractivity contribution in [2.75, 3.05) is 0 Å². The van der Waals surface area contributed by atoms with Crippen molar-refractivity contribution in [2.24, 2.45) is 0 Å². The molecule has 126 valence electrons. The van der Waals surface area contributed by atoms with Gasteiger partial charge in [0.25, 0.3) is 0 Å². The number of hydrogen-bond donors (Lipinski definition) is 1.